The molecule has 23 heavy (non-hydrogen) atoms. The van der Waals surface area contributed by atoms with Gasteiger partial charge in [0.2, 0.25) is 0 Å². The molecule has 0 radical (unpaired) electrons. The van der Waals surface area contributed by atoms with Gasteiger partial charge in [-0.2, -0.15) is 0 Å². The highest BCUT2D eigenvalue weighted by atomic mass is 79.9. The fourth-order valence-electron chi connectivity index (χ4n) is 2.02. The number of benzene rings is 1. The summed E-state index contributed by atoms with van der Waals surface area (Å²) in [6.45, 7) is 7.93. The topological polar surface area (TPSA) is 60.5 Å². The number of aromatic nitrogens is 1. The summed E-state index contributed by atoms with van der Waals surface area (Å²) in [6, 6.07) is 7.41. The van der Waals surface area contributed by atoms with Gasteiger partial charge in [0, 0.05) is 28.2 Å². The maximum Gasteiger partial charge on any atom is 0.290 e. The van der Waals surface area contributed by atoms with E-state index in [1.54, 1.807) is 12.3 Å². The molecule has 0 aliphatic rings. The van der Waals surface area contributed by atoms with Gasteiger partial charge in [-0.25, -0.2) is 0 Å². The lowest BCUT2D eigenvalue weighted by atomic mass is 10.1. The van der Waals surface area contributed by atoms with Crippen molar-refractivity contribution in [2.75, 3.05) is 6.61 Å². The van der Waals surface area contributed by atoms with Crippen LogP contribution in [0.3, 0.4) is 0 Å². The van der Waals surface area contributed by atoms with Crippen LogP contribution in [0.25, 0.3) is 10.9 Å². The van der Waals surface area contributed by atoms with Crippen molar-refractivity contribution >= 4 is 32.7 Å². The number of hydrogen-bond donors (Lipinski definition) is 1. The van der Waals surface area contributed by atoms with Crippen LogP contribution in [-0.2, 0) is 9.53 Å². The van der Waals surface area contributed by atoms with Gasteiger partial charge in [0.25, 0.3) is 12.2 Å². The highest BCUT2D eigenvalue weighted by molar-refractivity contribution is 9.10. The summed E-state index contributed by atoms with van der Waals surface area (Å²) in [5, 5.41) is 3.78. The predicted octanol–water partition coefficient (Wildman–Crippen LogP) is 3.65. The van der Waals surface area contributed by atoms with Crippen LogP contribution in [0.15, 0.2) is 34.9 Å². The van der Waals surface area contributed by atoms with Crippen molar-refractivity contribution < 1.29 is 14.3 Å². The number of hydrogen-bond acceptors (Lipinski definition) is 4. The Kier molecular flexibility index (Phi) is 5.59. The Hall–Kier alpha value is -1.66. The van der Waals surface area contributed by atoms with E-state index in [1.807, 2.05) is 45.9 Å². The number of ether oxygens (including phenoxy) is 2. The number of nitrogens with one attached hydrogen (secondary N) is 1. The Balaban J connectivity index is 2.20. The number of amides is 1. The predicted molar refractivity (Wildman–Crippen MR) is 93.4 cm³/mol. The van der Waals surface area contributed by atoms with Gasteiger partial charge < -0.3 is 14.8 Å². The highest BCUT2D eigenvalue weighted by Crippen LogP contribution is 2.23. The molecule has 1 amide bonds. The minimum atomic E-state index is -0.989. The zero-order chi connectivity index (χ0) is 17.0. The average Bonchev–Trinajstić information content (AvgIpc) is 2.44. The molecule has 1 heterocycles. The molecule has 2 aromatic rings. The smallest absolute Gasteiger partial charge is 0.290 e. The lowest BCUT2D eigenvalue weighted by molar-refractivity contribution is -0.153. The van der Waals surface area contributed by atoms with Crippen LogP contribution < -0.4 is 10.1 Å². The van der Waals surface area contributed by atoms with Crippen molar-refractivity contribution in [2.24, 2.45) is 0 Å². The van der Waals surface area contributed by atoms with Crippen molar-refractivity contribution in [1.82, 2.24) is 10.3 Å². The van der Waals surface area contributed by atoms with Crippen LogP contribution in [0.1, 0.15) is 27.7 Å². The summed E-state index contributed by atoms with van der Waals surface area (Å²) in [7, 11) is 0. The molecule has 0 spiro atoms. The molecule has 0 saturated carbocycles. The SMILES string of the molecule is CCOC(Oc1ccc2ncc(Br)cc2c1)C(=O)NC(C)(C)C. The third kappa shape index (κ3) is 5.18. The summed E-state index contributed by atoms with van der Waals surface area (Å²) in [5.74, 6) is 0.256. The summed E-state index contributed by atoms with van der Waals surface area (Å²) < 4.78 is 12.0. The minimum Gasteiger partial charge on any atom is -0.455 e. The quantitative estimate of drug-likeness (QED) is 0.804. The van der Waals surface area contributed by atoms with Crippen molar-refractivity contribution in [1.29, 1.82) is 0 Å². The molecule has 6 heteroatoms. The van der Waals surface area contributed by atoms with Crippen LogP contribution in [0.5, 0.6) is 5.75 Å². The molecular weight excluding hydrogens is 360 g/mol. The van der Waals surface area contributed by atoms with Crippen molar-refractivity contribution in [3.05, 3.63) is 34.9 Å². The number of pyridine rings is 1. The molecule has 5 nitrogen and oxygen atoms in total. The lowest BCUT2D eigenvalue weighted by Gasteiger charge is -2.25. The van der Waals surface area contributed by atoms with Gasteiger partial charge in [0.1, 0.15) is 5.75 Å². The fourth-order valence-corrected chi connectivity index (χ4v) is 2.37. The first kappa shape index (κ1) is 17.7. The molecule has 1 aromatic carbocycles. The second-order valence-electron chi connectivity index (χ2n) is 6.15. The van der Waals surface area contributed by atoms with E-state index in [9.17, 15) is 4.79 Å². The molecule has 0 saturated heterocycles. The van der Waals surface area contributed by atoms with E-state index in [-0.39, 0.29) is 11.4 Å². The molecule has 2 rings (SSSR count). The van der Waals surface area contributed by atoms with E-state index in [2.05, 4.69) is 26.2 Å². The zero-order valence-corrected chi connectivity index (χ0v) is 15.3. The number of rotatable bonds is 5. The first-order valence-corrected chi connectivity index (χ1v) is 8.23. The van der Waals surface area contributed by atoms with E-state index < -0.39 is 6.29 Å². The first-order chi connectivity index (χ1) is 10.8. The van der Waals surface area contributed by atoms with Gasteiger partial charge in [-0.1, -0.05) is 0 Å². The summed E-state index contributed by atoms with van der Waals surface area (Å²) >= 11 is 3.40. The molecule has 0 aliphatic carbocycles. The fraction of sp³-hybridized carbons (Fsp3) is 0.412. The van der Waals surface area contributed by atoms with E-state index in [4.69, 9.17) is 9.47 Å². The number of carbonyl (C=O) groups excluding carboxylic acids is 1. The molecule has 1 N–H and O–H groups in total. The Bertz CT molecular complexity index is 698. The number of nitrogens with zero attached hydrogens (tertiary/aromatic N) is 1. The summed E-state index contributed by atoms with van der Waals surface area (Å²) in [4.78, 5) is 16.6. The Labute approximate surface area is 144 Å². The standard InChI is InChI=1S/C17H21BrN2O3/c1-5-22-16(15(21)20-17(2,3)4)23-13-6-7-14-11(9-13)8-12(18)10-19-14/h6-10,16H,5H2,1-4H3,(H,20,21). The van der Waals surface area contributed by atoms with E-state index in [0.717, 1.165) is 15.4 Å². The van der Waals surface area contributed by atoms with Crippen LogP contribution in [0.2, 0.25) is 0 Å². The van der Waals surface area contributed by atoms with Gasteiger partial charge in [-0.3, -0.25) is 9.78 Å². The van der Waals surface area contributed by atoms with E-state index in [0.29, 0.717) is 12.4 Å². The van der Waals surface area contributed by atoms with Crippen LogP contribution in [-0.4, -0.2) is 29.3 Å². The van der Waals surface area contributed by atoms with Crippen molar-refractivity contribution in [2.45, 2.75) is 39.5 Å². The molecular formula is C17H21BrN2O3. The molecule has 0 aliphatic heterocycles. The number of halogens is 1. The maximum atomic E-state index is 12.3. The lowest BCUT2D eigenvalue weighted by Crippen LogP contribution is -2.48. The normalized spacial score (nSPS) is 12.9. The average molecular weight is 381 g/mol. The highest BCUT2D eigenvalue weighted by Gasteiger charge is 2.25. The largest absolute Gasteiger partial charge is 0.455 e. The van der Waals surface area contributed by atoms with Crippen LogP contribution >= 0.6 is 15.9 Å². The summed E-state index contributed by atoms with van der Waals surface area (Å²) in [5.41, 5.74) is 0.501. The Morgan fingerprint density at radius 2 is 2.09 bits per heavy atom. The van der Waals surface area contributed by atoms with Crippen LogP contribution in [0, 0.1) is 0 Å². The molecule has 1 atom stereocenters. The second-order valence-corrected chi connectivity index (χ2v) is 7.07. The molecule has 0 bridgehead atoms. The van der Waals surface area contributed by atoms with Crippen LogP contribution in [0.4, 0.5) is 0 Å². The van der Waals surface area contributed by atoms with E-state index in [1.165, 1.54) is 0 Å². The van der Waals surface area contributed by atoms with E-state index >= 15 is 0 Å². The number of carbonyl (C=O) groups is 1. The summed E-state index contributed by atoms with van der Waals surface area (Å²) in [6.07, 6.45) is 0.750. The van der Waals surface area contributed by atoms with Crippen molar-refractivity contribution in [3.8, 4) is 5.75 Å². The Morgan fingerprint density at radius 3 is 2.74 bits per heavy atom. The second kappa shape index (κ2) is 7.27. The Morgan fingerprint density at radius 1 is 1.35 bits per heavy atom. The third-order valence-corrected chi connectivity index (χ3v) is 3.33. The minimum absolute atomic E-state index is 0.299. The molecule has 1 unspecified atom stereocenters. The van der Waals surface area contributed by atoms with Gasteiger partial charge in [-0.05, 0) is 67.9 Å². The monoisotopic (exact) mass is 380 g/mol. The van der Waals surface area contributed by atoms with Gasteiger partial charge in [0.05, 0.1) is 5.52 Å². The van der Waals surface area contributed by atoms with Gasteiger partial charge in [-0.15, -0.1) is 0 Å². The van der Waals surface area contributed by atoms with Gasteiger partial charge in [0.15, 0.2) is 0 Å². The molecule has 0 fully saturated rings. The maximum absolute atomic E-state index is 12.3. The molecule has 1 aromatic heterocycles. The van der Waals surface area contributed by atoms with Gasteiger partial charge >= 0.3 is 0 Å². The zero-order valence-electron chi connectivity index (χ0n) is 13.7. The third-order valence-electron chi connectivity index (χ3n) is 2.89. The molecule has 124 valence electrons. The van der Waals surface area contributed by atoms with Crippen molar-refractivity contribution in [3.63, 3.8) is 0 Å². The number of fused-ring (bicyclic) bond motifs is 1. The first-order valence-electron chi connectivity index (χ1n) is 7.44.